The summed E-state index contributed by atoms with van der Waals surface area (Å²) in [7, 11) is 0. The number of hydrogen-bond donors (Lipinski definition) is 1. The fourth-order valence-electron chi connectivity index (χ4n) is 3.21. The van der Waals surface area contributed by atoms with Gasteiger partial charge in [-0.3, -0.25) is 4.79 Å². The van der Waals surface area contributed by atoms with Crippen molar-refractivity contribution in [1.82, 2.24) is 4.57 Å². The maximum Gasteiger partial charge on any atom is 0.349 e. The maximum atomic E-state index is 12.4. The number of nitrogens with zero attached hydrogens (tertiary/aromatic N) is 2. The minimum Gasteiger partial charge on any atom is -0.457 e. The predicted molar refractivity (Wildman–Crippen MR) is 121 cm³/mol. The van der Waals surface area contributed by atoms with Gasteiger partial charge in [-0.2, -0.15) is 5.26 Å². The quantitative estimate of drug-likeness (QED) is 0.318. The molecule has 0 unspecified atom stereocenters. The van der Waals surface area contributed by atoms with E-state index in [2.05, 4.69) is 20.5 Å². The number of aromatic nitrogens is 1. The second-order valence-electron chi connectivity index (χ2n) is 6.95. The van der Waals surface area contributed by atoms with Gasteiger partial charge in [-0.15, -0.1) is 0 Å². The SMILES string of the molecule is Cc1cc(/C=C(\C#N)C(=O)OCc2ccc(C(N)=O)cc2)c(C)n1-c1ccc(Br)cc1. The number of primary amides is 1. The summed E-state index contributed by atoms with van der Waals surface area (Å²) in [5.41, 5.74) is 9.81. The molecule has 1 amide bonds. The minimum absolute atomic E-state index is 0.0190. The lowest BCUT2D eigenvalue weighted by Gasteiger charge is -2.09. The molecule has 0 aliphatic rings. The standard InChI is InChI=1S/C24H20BrN3O3/c1-15-11-19(16(2)28(15)22-9-7-21(25)8-10-22)12-20(13-26)24(30)31-14-17-3-5-18(6-4-17)23(27)29/h3-12H,14H2,1-2H3,(H2,27,29)/b20-12+. The van der Waals surface area contributed by atoms with E-state index in [1.165, 1.54) is 6.08 Å². The third-order valence-corrected chi connectivity index (χ3v) is 5.33. The van der Waals surface area contributed by atoms with Gasteiger partial charge in [-0.1, -0.05) is 28.1 Å². The van der Waals surface area contributed by atoms with Gasteiger partial charge >= 0.3 is 5.97 Å². The normalized spacial score (nSPS) is 11.1. The molecular weight excluding hydrogens is 458 g/mol. The Balaban J connectivity index is 1.79. The van der Waals surface area contributed by atoms with Crippen LogP contribution < -0.4 is 5.73 Å². The third-order valence-electron chi connectivity index (χ3n) is 4.80. The first-order valence-electron chi connectivity index (χ1n) is 9.42. The molecular formula is C24H20BrN3O3. The van der Waals surface area contributed by atoms with Crippen molar-refractivity contribution < 1.29 is 14.3 Å². The number of amides is 1. The molecule has 1 heterocycles. The van der Waals surface area contributed by atoms with E-state index in [1.54, 1.807) is 24.3 Å². The summed E-state index contributed by atoms with van der Waals surface area (Å²) in [6.07, 6.45) is 1.54. The van der Waals surface area contributed by atoms with E-state index in [-0.39, 0.29) is 12.2 Å². The number of halogens is 1. The molecule has 0 saturated heterocycles. The molecule has 1 aromatic heterocycles. The number of rotatable bonds is 6. The zero-order valence-corrected chi connectivity index (χ0v) is 18.6. The number of benzene rings is 2. The summed E-state index contributed by atoms with van der Waals surface area (Å²) in [4.78, 5) is 23.6. The van der Waals surface area contributed by atoms with E-state index in [4.69, 9.17) is 10.5 Å². The number of carbonyl (C=O) groups is 2. The average Bonchev–Trinajstić information content (AvgIpc) is 3.04. The number of nitriles is 1. The van der Waals surface area contributed by atoms with Gasteiger partial charge in [0.2, 0.25) is 5.91 Å². The van der Waals surface area contributed by atoms with Gasteiger partial charge in [-0.25, -0.2) is 4.79 Å². The van der Waals surface area contributed by atoms with Crippen LogP contribution in [0.2, 0.25) is 0 Å². The highest BCUT2D eigenvalue weighted by Crippen LogP contribution is 2.24. The van der Waals surface area contributed by atoms with E-state index >= 15 is 0 Å². The molecule has 0 spiro atoms. The Kier molecular flexibility index (Phi) is 6.73. The van der Waals surface area contributed by atoms with Crippen LogP contribution in [-0.4, -0.2) is 16.4 Å². The van der Waals surface area contributed by atoms with Crippen molar-refractivity contribution in [2.24, 2.45) is 5.73 Å². The summed E-state index contributed by atoms with van der Waals surface area (Å²) in [5, 5.41) is 9.48. The number of aryl methyl sites for hydroxylation is 1. The number of esters is 1. The lowest BCUT2D eigenvalue weighted by molar-refractivity contribution is -0.139. The summed E-state index contributed by atoms with van der Waals surface area (Å²) >= 11 is 3.43. The van der Waals surface area contributed by atoms with Gasteiger partial charge < -0.3 is 15.0 Å². The molecule has 0 aliphatic heterocycles. The predicted octanol–water partition coefficient (Wildman–Crippen LogP) is 4.61. The van der Waals surface area contributed by atoms with E-state index in [0.717, 1.165) is 27.1 Å². The van der Waals surface area contributed by atoms with Crippen molar-refractivity contribution in [2.75, 3.05) is 0 Å². The Labute approximate surface area is 188 Å². The molecule has 2 N–H and O–H groups in total. The molecule has 0 fully saturated rings. The molecule has 0 radical (unpaired) electrons. The van der Waals surface area contributed by atoms with E-state index in [1.807, 2.05) is 50.2 Å². The average molecular weight is 478 g/mol. The van der Waals surface area contributed by atoms with E-state index in [0.29, 0.717) is 11.1 Å². The van der Waals surface area contributed by atoms with Crippen LogP contribution in [-0.2, 0) is 16.1 Å². The monoisotopic (exact) mass is 477 g/mol. The fourth-order valence-corrected chi connectivity index (χ4v) is 3.47. The minimum atomic E-state index is -0.713. The first-order chi connectivity index (χ1) is 14.8. The highest BCUT2D eigenvalue weighted by atomic mass is 79.9. The molecule has 2 aromatic carbocycles. The second kappa shape index (κ2) is 9.45. The molecule has 3 rings (SSSR count). The molecule has 7 heteroatoms. The smallest absolute Gasteiger partial charge is 0.349 e. The number of nitrogens with two attached hydrogens (primary N) is 1. The van der Waals surface area contributed by atoms with Crippen molar-refractivity contribution in [2.45, 2.75) is 20.5 Å². The van der Waals surface area contributed by atoms with Crippen molar-refractivity contribution in [3.63, 3.8) is 0 Å². The Morgan fingerprint density at radius 3 is 2.35 bits per heavy atom. The van der Waals surface area contributed by atoms with Crippen molar-refractivity contribution in [1.29, 1.82) is 5.26 Å². The molecule has 0 saturated carbocycles. The lowest BCUT2D eigenvalue weighted by atomic mass is 10.1. The van der Waals surface area contributed by atoms with Crippen molar-refractivity contribution >= 4 is 33.9 Å². The van der Waals surface area contributed by atoms with Crippen LogP contribution in [0.3, 0.4) is 0 Å². The largest absolute Gasteiger partial charge is 0.457 e. The van der Waals surface area contributed by atoms with Crippen LogP contribution in [0, 0.1) is 25.2 Å². The van der Waals surface area contributed by atoms with Crippen LogP contribution in [0.25, 0.3) is 11.8 Å². The summed E-state index contributed by atoms with van der Waals surface area (Å²) in [5.74, 6) is -1.24. The summed E-state index contributed by atoms with van der Waals surface area (Å²) in [6, 6.07) is 18.1. The summed E-state index contributed by atoms with van der Waals surface area (Å²) in [6.45, 7) is 3.88. The Hall–Kier alpha value is -3.63. The highest BCUT2D eigenvalue weighted by molar-refractivity contribution is 9.10. The topological polar surface area (TPSA) is 98.1 Å². The summed E-state index contributed by atoms with van der Waals surface area (Å²) < 4.78 is 8.31. The molecule has 3 aromatic rings. The van der Waals surface area contributed by atoms with Gasteiger partial charge in [0.1, 0.15) is 18.2 Å². The van der Waals surface area contributed by atoms with Crippen LogP contribution in [0.1, 0.15) is 32.9 Å². The zero-order valence-electron chi connectivity index (χ0n) is 17.1. The van der Waals surface area contributed by atoms with Gasteiger partial charge in [0.25, 0.3) is 0 Å². The highest BCUT2D eigenvalue weighted by Gasteiger charge is 2.15. The third kappa shape index (κ3) is 5.11. The Bertz CT molecular complexity index is 1200. The number of hydrogen-bond acceptors (Lipinski definition) is 4. The van der Waals surface area contributed by atoms with Crippen molar-refractivity contribution in [3.8, 4) is 11.8 Å². The van der Waals surface area contributed by atoms with Gasteiger partial charge in [0, 0.05) is 27.1 Å². The second-order valence-corrected chi connectivity index (χ2v) is 7.86. The number of carbonyl (C=O) groups excluding carboxylic acids is 2. The van der Waals surface area contributed by atoms with Crippen molar-refractivity contribution in [3.05, 3.63) is 92.7 Å². The Morgan fingerprint density at radius 2 is 1.77 bits per heavy atom. The van der Waals surface area contributed by atoms with Crippen LogP contribution >= 0.6 is 15.9 Å². The van der Waals surface area contributed by atoms with Gasteiger partial charge in [-0.05, 0) is 73.5 Å². The molecule has 6 nitrogen and oxygen atoms in total. The molecule has 31 heavy (non-hydrogen) atoms. The van der Waals surface area contributed by atoms with Gasteiger partial charge in [0.15, 0.2) is 0 Å². The fraction of sp³-hybridized carbons (Fsp3) is 0.125. The molecule has 156 valence electrons. The first kappa shape index (κ1) is 22.1. The zero-order chi connectivity index (χ0) is 22.5. The number of ether oxygens (including phenoxy) is 1. The molecule has 0 aliphatic carbocycles. The van der Waals surface area contributed by atoms with Crippen LogP contribution in [0.5, 0.6) is 0 Å². The Morgan fingerprint density at radius 1 is 1.13 bits per heavy atom. The van der Waals surface area contributed by atoms with Gasteiger partial charge in [0.05, 0.1) is 0 Å². The van der Waals surface area contributed by atoms with E-state index in [9.17, 15) is 14.9 Å². The maximum absolute atomic E-state index is 12.4. The lowest BCUT2D eigenvalue weighted by Crippen LogP contribution is -2.11. The van der Waals surface area contributed by atoms with E-state index < -0.39 is 11.9 Å². The van der Waals surface area contributed by atoms with Crippen LogP contribution in [0.4, 0.5) is 0 Å². The molecule has 0 atom stereocenters. The first-order valence-corrected chi connectivity index (χ1v) is 10.2. The van der Waals surface area contributed by atoms with Crippen LogP contribution in [0.15, 0.2) is 64.6 Å². The molecule has 0 bridgehead atoms.